The smallest absolute Gasteiger partial charge is 0.337 e. The van der Waals surface area contributed by atoms with E-state index in [2.05, 4.69) is 20.6 Å². The number of anilines is 2. The Morgan fingerprint density at radius 1 is 1.56 bits per heavy atom. The molecule has 0 saturated heterocycles. The Hall–Kier alpha value is -2.64. The predicted molar refractivity (Wildman–Crippen MR) is 64.1 cm³/mol. The number of nitrogens with one attached hydrogen (secondary N) is 1. The lowest BCUT2D eigenvalue weighted by atomic mass is 10.2. The summed E-state index contributed by atoms with van der Waals surface area (Å²) < 4.78 is 1.66. The third-order valence-electron chi connectivity index (χ3n) is 2.28. The van der Waals surface area contributed by atoms with Gasteiger partial charge in [0.2, 0.25) is 0 Å². The van der Waals surface area contributed by atoms with E-state index in [0.29, 0.717) is 18.9 Å². The first kappa shape index (κ1) is 11.8. The summed E-state index contributed by atoms with van der Waals surface area (Å²) in [5.74, 6) is -0.615. The van der Waals surface area contributed by atoms with E-state index in [1.807, 2.05) is 0 Å². The van der Waals surface area contributed by atoms with Crippen LogP contribution in [0.4, 0.5) is 11.5 Å². The summed E-state index contributed by atoms with van der Waals surface area (Å²) in [7, 11) is 0. The van der Waals surface area contributed by atoms with Crippen LogP contribution in [-0.4, -0.2) is 37.6 Å². The lowest BCUT2D eigenvalue weighted by Crippen LogP contribution is -2.13. The van der Waals surface area contributed by atoms with Gasteiger partial charge < -0.3 is 16.2 Å². The Morgan fingerprint density at radius 2 is 2.39 bits per heavy atom. The number of hydrogen-bond donors (Lipinski definition) is 3. The van der Waals surface area contributed by atoms with Crippen LogP contribution in [0.15, 0.2) is 24.7 Å². The minimum absolute atomic E-state index is 0.0354. The van der Waals surface area contributed by atoms with E-state index < -0.39 is 5.97 Å². The van der Waals surface area contributed by atoms with Crippen molar-refractivity contribution in [3.05, 3.63) is 30.2 Å². The molecule has 8 heteroatoms. The highest BCUT2D eigenvalue weighted by atomic mass is 16.4. The largest absolute Gasteiger partial charge is 0.478 e. The number of nitrogen functional groups attached to an aromatic ring is 1. The Kier molecular flexibility index (Phi) is 3.37. The quantitative estimate of drug-likeness (QED) is 0.684. The molecule has 4 N–H and O–H groups in total. The summed E-state index contributed by atoms with van der Waals surface area (Å²) in [5, 5.41) is 19.4. The molecule has 18 heavy (non-hydrogen) atoms. The number of aromatic carboxylic acids is 1. The van der Waals surface area contributed by atoms with Crippen LogP contribution in [0, 0.1) is 0 Å². The zero-order valence-electron chi connectivity index (χ0n) is 9.45. The van der Waals surface area contributed by atoms with Crippen LogP contribution in [0.25, 0.3) is 0 Å². The number of carboxylic acid groups (broad SMARTS) is 1. The highest BCUT2D eigenvalue weighted by molar-refractivity contribution is 5.94. The van der Waals surface area contributed by atoms with E-state index in [1.165, 1.54) is 12.3 Å². The molecule has 0 unspecified atom stereocenters. The highest BCUT2D eigenvalue weighted by Crippen LogP contribution is 2.14. The molecule has 0 aliphatic heterocycles. The molecule has 0 bridgehead atoms. The zero-order valence-corrected chi connectivity index (χ0v) is 9.45. The molecule has 0 radical (unpaired) electrons. The highest BCUT2D eigenvalue weighted by Gasteiger charge is 2.09. The van der Waals surface area contributed by atoms with E-state index in [4.69, 9.17) is 10.8 Å². The average molecular weight is 248 g/mol. The Morgan fingerprint density at radius 3 is 3.06 bits per heavy atom. The van der Waals surface area contributed by atoms with Crippen molar-refractivity contribution in [2.75, 3.05) is 17.6 Å². The van der Waals surface area contributed by atoms with Gasteiger partial charge in [0, 0.05) is 12.7 Å². The molecule has 0 amide bonds. The van der Waals surface area contributed by atoms with Gasteiger partial charge in [-0.25, -0.2) is 9.78 Å². The predicted octanol–water partition coefficient (Wildman–Crippen LogP) is 0.0656. The second kappa shape index (κ2) is 5.13. The number of carboxylic acids is 1. The maximum absolute atomic E-state index is 10.9. The Labute approximate surface area is 102 Å². The van der Waals surface area contributed by atoms with Crippen molar-refractivity contribution in [2.45, 2.75) is 6.54 Å². The summed E-state index contributed by atoms with van der Waals surface area (Å²) >= 11 is 0. The standard InChI is InChI=1S/C10H12N6O2/c11-8-6-13-9(5-7(8)10(17)18)12-1-3-16-4-2-14-15-16/h2,4-6H,1,3,11H2,(H,12,13)(H,17,18). The van der Waals surface area contributed by atoms with Gasteiger partial charge in [-0.2, -0.15) is 0 Å². The fourth-order valence-electron chi connectivity index (χ4n) is 1.40. The first-order valence-corrected chi connectivity index (χ1v) is 5.23. The van der Waals surface area contributed by atoms with Crippen molar-refractivity contribution < 1.29 is 9.90 Å². The first-order valence-electron chi connectivity index (χ1n) is 5.23. The van der Waals surface area contributed by atoms with Crippen LogP contribution in [0.5, 0.6) is 0 Å². The van der Waals surface area contributed by atoms with E-state index in [-0.39, 0.29) is 11.3 Å². The maximum atomic E-state index is 10.9. The summed E-state index contributed by atoms with van der Waals surface area (Å²) in [6.45, 7) is 1.16. The molecular formula is C10H12N6O2. The first-order chi connectivity index (χ1) is 8.66. The fourth-order valence-corrected chi connectivity index (χ4v) is 1.40. The second-order valence-electron chi connectivity index (χ2n) is 3.55. The van der Waals surface area contributed by atoms with E-state index in [0.717, 1.165) is 0 Å². The van der Waals surface area contributed by atoms with E-state index in [1.54, 1.807) is 17.1 Å². The minimum atomic E-state index is -1.07. The summed E-state index contributed by atoms with van der Waals surface area (Å²) in [6.07, 6.45) is 4.64. The third kappa shape index (κ3) is 2.73. The van der Waals surface area contributed by atoms with Crippen LogP contribution >= 0.6 is 0 Å². The molecule has 2 aromatic rings. The van der Waals surface area contributed by atoms with Crippen molar-refractivity contribution in [3.63, 3.8) is 0 Å². The van der Waals surface area contributed by atoms with Gasteiger partial charge in [0.1, 0.15) is 5.82 Å². The van der Waals surface area contributed by atoms with E-state index in [9.17, 15) is 4.79 Å². The number of hydrogen-bond acceptors (Lipinski definition) is 6. The van der Waals surface area contributed by atoms with Crippen molar-refractivity contribution in [3.8, 4) is 0 Å². The van der Waals surface area contributed by atoms with Crippen LogP contribution in [0.2, 0.25) is 0 Å². The van der Waals surface area contributed by atoms with Crippen molar-refractivity contribution >= 4 is 17.5 Å². The molecule has 0 aliphatic carbocycles. The van der Waals surface area contributed by atoms with Crippen molar-refractivity contribution in [1.29, 1.82) is 0 Å². The van der Waals surface area contributed by atoms with Gasteiger partial charge in [-0.15, -0.1) is 5.10 Å². The molecule has 2 aromatic heterocycles. The number of pyridine rings is 1. The average Bonchev–Trinajstić information content (AvgIpc) is 2.84. The lowest BCUT2D eigenvalue weighted by molar-refractivity contribution is 0.0698. The molecule has 0 aromatic carbocycles. The third-order valence-corrected chi connectivity index (χ3v) is 2.28. The molecule has 8 nitrogen and oxygen atoms in total. The number of aromatic nitrogens is 4. The minimum Gasteiger partial charge on any atom is -0.478 e. The SMILES string of the molecule is Nc1cnc(NCCn2ccnn2)cc1C(=O)O. The van der Waals surface area contributed by atoms with Crippen LogP contribution < -0.4 is 11.1 Å². The molecule has 0 atom stereocenters. The van der Waals surface area contributed by atoms with Crippen molar-refractivity contribution in [1.82, 2.24) is 20.0 Å². The molecule has 0 spiro atoms. The summed E-state index contributed by atoms with van der Waals surface area (Å²) in [6, 6.07) is 1.40. The molecular weight excluding hydrogens is 236 g/mol. The fraction of sp³-hybridized carbons (Fsp3) is 0.200. The number of nitrogens with two attached hydrogens (primary N) is 1. The molecule has 0 aliphatic rings. The second-order valence-corrected chi connectivity index (χ2v) is 3.55. The van der Waals surface area contributed by atoms with Crippen LogP contribution in [-0.2, 0) is 6.54 Å². The lowest BCUT2D eigenvalue weighted by Gasteiger charge is -2.07. The topological polar surface area (TPSA) is 119 Å². The van der Waals surface area contributed by atoms with Crippen LogP contribution in [0.3, 0.4) is 0 Å². The summed E-state index contributed by atoms with van der Waals surface area (Å²) in [4.78, 5) is 14.9. The molecule has 0 saturated carbocycles. The van der Waals surface area contributed by atoms with Gasteiger partial charge in [-0.05, 0) is 6.07 Å². The van der Waals surface area contributed by atoms with Gasteiger partial charge in [-0.1, -0.05) is 5.21 Å². The van der Waals surface area contributed by atoms with Gasteiger partial charge in [-0.3, -0.25) is 4.68 Å². The Bertz CT molecular complexity index is 539. The monoisotopic (exact) mass is 248 g/mol. The Balaban J connectivity index is 1.97. The zero-order chi connectivity index (χ0) is 13.0. The van der Waals surface area contributed by atoms with Crippen molar-refractivity contribution in [2.24, 2.45) is 0 Å². The summed E-state index contributed by atoms with van der Waals surface area (Å²) in [5.41, 5.74) is 5.68. The van der Waals surface area contributed by atoms with Crippen LogP contribution in [0.1, 0.15) is 10.4 Å². The van der Waals surface area contributed by atoms with Gasteiger partial charge in [0.15, 0.2) is 0 Å². The molecule has 2 rings (SSSR count). The number of nitrogens with zero attached hydrogens (tertiary/aromatic N) is 4. The maximum Gasteiger partial charge on any atom is 0.337 e. The van der Waals surface area contributed by atoms with Gasteiger partial charge in [0.05, 0.1) is 30.2 Å². The molecule has 94 valence electrons. The normalized spacial score (nSPS) is 10.2. The van der Waals surface area contributed by atoms with Gasteiger partial charge >= 0.3 is 5.97 Å². The number of rotatable bonds is 5. The molecule has 2 heterocycles. The van der Waals surface area contributed by atoms with Gasteiger partial charge in [0.25, 0.3) is 0 Å². The molecule has 0 fully saturated rings. The van der Waals surface area contributed by atoms with E-state index >= 15 is 0 Å². The number of carbonyl (C=O) groups is 1.